The molecule has 5 nitrogen and oxygen atoms in total. The maximum Gasteiger partial charge on any atom is 0.131 e. The smallest absolute Gasteiger partial charge is 0.131 e. The molecule has 0 spiro atoms. The molecule has 0 fully saturated rings. The Morgan fingerprint density at radius 1 is 1.22 bits per heavy atom. The SMILES string of the molecule is Cc1nn(C)c(Cl)c1CNCc1cnn(C)c1C. The second-order valence-corrected chi connectivity index (χ2v) is 4.82. The lowest BCUT2D eigenvalue weighted by Gasteiger charge is -2.04. The number of hydrogen-bond donors (Lipinski definition) is 1. The van der Waals surface area contributed by atoms with Crippen molar-refractivity contribution >= 4 is 11.6 Å². The quantitative estimate of drug-likeness (QED) is 0.918. The maximum atomic E-state index is 6.18. The van der Waals surface area contributed by atoms with E-state index in [-0.39, 0.29) is 0 Å². The van der Waals surface area contributed by atoms with Crippen LogP contribution in [0.4, 0.5) is 0 Å². The highest BCUT2D eigenvalue weighted by atomic mass is 35.5. The summed E-state index contributed by atoms with van der Waals surface area (Å²) in [5, 5.41) is 12.6. The van der Waals surface area contributed by atoms with Gasteiger partial charge in [-0.25, -0.2) is 0 Å². The fourth-order valence-electron chi connectivity index (χ4n) is 1.91. The van der Waals surface area contributed by atoms with Crippen LogP contribution in [-0.4, -0.2) is 19.6 Å². The van der Waals surface area contributed by atoms with E-state index in [9.17, 15) is 0 Å². The summed E-state index contributed by atoms with van der Waals surface area (Å²) in [6, 6.07) is 0. The summed E-state index contributed by atoms with van der Waals surface area (Å²) in [4.78, 5) is 0. The number of rotatable bonds is 4. The Bertz CT molecular complexity index is 555. The largest absolute Gasteiger partial charge is 0.308 e. The van der Waals surface area contributed by atoms with E-state index >= 15 is 0 Å². The molecule has 6 heteroatoms. The Labute approximate surface area is 112 Å². The average molecular weight is 268 g/mol. The average Bonchev–Trinajstić information content (AvgIpc) is 2.76. The normalized spacial score (nSPS) is 11.2. The van der Waals surface area contributed by atoms with E-state index in [0.29, 0.717) is 11.7 Å². The molecule has 0 aliphatic rings. The third-order valence-corrected chi connectivity index (χ3v) is 3.70. The van der Waals surface area contributed by atoms with Crippen molar-refractivity contribution in [1.29, 1.82) is 0 Å². The van der Waals surface area contributed by atoms with Gasteiger partial charge in [-0.1, -0.05) is 11.6 Å². The van der Waals surface area contributed by atoms with Crippen molar-refractivity contribution in [2.75, 3.05) is 0 Å². The number of nitrogens with one attached hydrogen (secondary N) is 1. The highest BCUT2D eigenvalue weighted by Crippen LogP contribution is 2.18. The first-order valence-corrected chi connectivity index (χ1v) is 6.24. The van der Waals surface area contributed by atoms with Crippen LogP contribution in [0.25, 0.3) is 0 Å². The molecule has 1 N–H and O–H groups in total. The van der Waals surface area contributed by atoms with Gasteiger partial charge in [-0.3, -0.25) is 9.36 Å². The Morgan fingerprint density at radius 3 is 2.44 bits per heavy atom. The minimum absolute atomic E-state index is 0.697. The van der Waals surface area contributed by atoms with Crippen molar-refractivity contribution in [2.45, 2.75) is 26.9 Å². The minimum Gasteiger partial charge on any atom is -0.308 e. The second-order valence-electron chi connectivity index (χ2n) is 4.46. The fourth-order valence-corrected chi connectivity index (χ4v) is 2.16. The van der Waals surface area contributed by atoms with Gasteiger partial charge in [0.05, 0.1) is 11.9 Å². The van der Waals surface area contributed by atoms with Crippen molar-refractivity contribution < 1.29 is 0 Å². The number of nitrogens with zero attached hydrogens (tertiary/aromatic N) is 4. The van der Waals surface area contributed by atoms with Crippen molar-refractivity contribution in [1.82, 2.24) is 24.9 Å². The zero-order chi connectivity index (χ0) is 13.3. The van der Waals surface area contributed by atoms with Crippen molar-refractivity contribution in [3.63, 3.8) is 0 Å². The van der Waals surface area contributed by atoms with E-state index in [2.05, 4.69) is 22.4 Å². The molecule has 0 amide bonds. The number of halogens is 1. The van der Waals surface area contributed by atoms with Gasteiger partial charge in [-0.2, -0.15) is 10.2 Å². The van der Waals surface area contributed by atoms with E-state index in [1.165, 1.54) is 11.3 Å². The van der Waals surface area contributed by atoms with E-state index in [1.807, 2.05) is 31.9 Å². The molecule has 0 aliphatic heterocycles. The maximum absolute atomic E-state index is 6.18. The van der Waals surface area contributed by atoms with Crippen LogP contribution < -0.4 is 5.32 Å². The van der Waals surface area contributed by atoms with Crippen LogP contribution in [0.2, 0.25) is 5.15 Å². The Balaban J connectivity index is 1.98. The molecule has 98 valence electrons. The van der Waals surface area contributed by atoms with Gasteiger partial charge in [-0.15, -0.1) is 0 Å². The van der Waals surface area contributed by atoms with Crippen LogP contribution in [-0.2, 0) is 27.2 Å². The molecule has 2 aromatic rings. The van der Waals surface area contributed by atoms with E-state index < -0.39 is 0 Å². The highest BCUT2D eigenvalue weighted by molar-refractivity contribution is 6.30. The fraction of sp³-hybridized carbons (Fsp3) is 0.500. The molecule has 0 saturated heterocycles. The van der Waals surface area contributed by atoms with Crippen LogP contribution in [0, 0.1) is 13.8 Å². The monoisotopic (exact) mass is 267 g/mol. The molecule has 0 unspecified atom stereocenters. The van der Waals surface area contributed by atoms with Crippen LogP contribution in [0.1, 0.15) is 22.5 Å². The zero-order valence-corrected chi connectivity index (χ0v) is 11.9. The van der Waals surface area contributed by atoms with E-state index in [1.54, 1.807) is 4.68 Å². The van der Waals surface area contributed by atoms with E-state index in [4.69, 9.17) is 11.6 Å². The predicted octanol–water partition coefficient (Wildman–Crippen LogP) is 1.71. The molecule has 0 saturated carbocycles. The third kappa shape index (κ3) is 2.42. The third-order valence-electron chi connectivity index (χ3n) is 3.22. The van der Waals surface area contributed by atoms with Crippen molar-refractivity contribution in [3.8, 4) is 0 Å². The summed E-state index contributed by atoms with van der Waals surface area (Å²) in [5.74, 6) is 0. The van der Waals surface area contributed by atoms with Crippen molar-refractivity contribution in [3.05, 3.63) is 33.9 Å². The molecular weight excluding hydrogens is 250 g/mol. The first-order chi connectivity index (χ1) is 8.50. The van der Waals surface area contributed by atoms with Gasteiger partial charge >= 0.3 is 0 Å². The summed E-state index contributed by atoms with van der Waals surface area (Å²) < 4.78 is 3.57. The van der Waals surface area contributed by atoms with Gasteiger partial charge in [-0.05, 0) is 13.8 Å². The molecule has 0 bridgehead atoms. The Kier molecular flexibility index (Phi) is 3.73. The molecule has 2 rings (SSSR count). The molecule has 2 heterocycles. The van der Waals surface area contributed by atoms with Gasteiger partial charge in [0.2, 0.25) is 0 Å². The summed E-state index contributed by atoms with van der Waals surface area (Å²) in [6.45, 7) is 5.53. The van der Waals surface area contributed by atoms with Crippen molar-refractivity contribution in [2.24, 2.45) is 14.1 Å². The van der Waals surface area contributed by atoms with Gasteiger partial charge in [0.25, 0.3) is 0 Å². The second kappa shape index (κ2) is 5.12. The Morgan fingerprint density at radius 2 is 1.94 bits per heavy atom. The molecular formula is C12H18ClN5. The number of aryl methyl sites for hydroxylation is 3. The molecule has 2 aromatic heterocycles. The zero-order valence-electron chi connectivity index (χ0n) is 11.2. The van der Waals surface area contributed by atoms with Crippen LogP contribution >= 0.6 is 11.6 Å². The predicted molar refractivity (Wildman–Crippen MR) is 71.4 cm³/mol. The molecule has 0 atom stereocenters. The molecule has 0 radical (unpaired) electrons. The summed E-state index contributed by atoms with van der Waals surface area (Å²) in [7, 11) is 3.80. The highest BCUT2D eigenvalue weighted by Gasteiger charge is 2.11. The topological polar surface area (TPSA) is 47.7 Å². The number of aromatic nitrogens is 4. The lowest BCUT2D eigenvalue weighted by atomic mass is 10.2. The van der Waals surface area contributed by atoms with Crippen LogP contribution in [0.3, 0.4) is 0 Å². The molecule has 18 heavy (non-hydrogen) atoms. The van der Waals surface area contributed by atoms with Gasteiger partial charge in [0.1, 0.15) is 5.15 Å². The summed E-state index contributed by atoms with van der Waals surface area (Å²) in [6.07, 6.45) is 1.89. The summed E-state index contributed by atoms with van der Waals surface area (Å²) >= 11 is 6.18. The van der Waals surface area contributed by atoms with Gasteiger partial charge in [0.15, 0.2) is 0 Å². The lowest BCUT2D eigenvalue weighted by molar-refractivity contribution is 0.682. The van der Waals surface area contributed by atoms with Gasteiger partial charge < -0.3 is 5.32 Å². The lowest BCUT2D eigenvalue weighted by Crippen LogP contribution is -2.14. The Hall–Kier alpha value is -1.33. The van der Waals surface area contributed by atoms with Crippen LogP contribution in [0.15, 0.2) is 6.20 Å². The standard InChI is InChI=1S/C12H18ClN5/c1-8-11(12(13)18(4)16-8)7-14-5-10-6-15-17(3)9(10)2/h6,14H,5,7H2,1-4H3. The minimum atomic E-state index is 0.697. The molecule has 0 aliphatic carbocycles. The molecule has 0 aromatic carbocycles. The number of hydrogen-bond acceptors (Lipinski definition) is 3. The first-order valence-electron chi connectivity index (χ1n) is 5.87. The van der Waals surface area contributed by atoms with Gasteiger partial charge in [0, 0.05) is 44.0 Å². The first kappa shape index (κ1) is 13.1. The van der Waals surface area contributed by atoms with E-state index in [0.717, 1.165) is 17.8 Å². The van der Waals surface area contributed by atoms with Crippen LogP contribution in [0.5, 0.6) is 0 Å². The summed E-state index contributed by atoms with van der Waals surface area (Å²) in [5.41, 5.74) is 4.41.